The van der Waals surface area contributed by atoms with E-state index in [0.717, 1.165) is 30.5 Å². The van der Waals surface area contributed by atoms with Gasteiger partial charge in [0.25, 0.3) is 0 Å². The Morgan fingerprint density at radius 1 is 1.42 bits per heavy atom. The SMILES string of the molecule is C=C(CC)C1OCC(C)(CCCNC(=O)CCNc2ccncc2)C1N. The summed E-state index contributed by atoms with van der Waals surface area (Å²) in [6, 6.07) is 3.73. The standard InChI is InChI=1S/C20H32N4O2/c1-4-15(2)18-19(21)20(3,14-26-18)9-5-10-24-17(25)8-13-23-16-6-11-22-12-7-16/h6-7,11-12,18-19H,2,4-5,8-10,13-14,21H2,1,3H3,(H,22,23)(H,24,25). The number of nitrogens with one attached hydrogen (secondary N) is 2. The minimum atomic E-state index is -0.0591. The fourth-order valence-corrected chi connectivity index (χ4v) is 3.26. The molecule has 3 atom stereocenters. The molecule has 2 rings (SSSR count). The van der Waals surface area contributed by atoms with Gasteiger partial charge in [0.05, 0.1) is 12.7 Å². The van der Waals surface area contributed by atoms with Crippen molar-refractivity contribution in [3.05, 3.63) is 36.7 Å². The number of carbonyl (C=O) groups is 1. The number of amides is 1. The summed E-state index contributed by atoms with van der Waals surface area (Å²) in [5, 5.41) is 6.18. The molecule has 1 saturated heterocycles. The third-order valence-corrected chi connectivity index (χ3v) is 5.19. The van der Waals surface area contributed by atoms with E-state index in [-0.39, 0.29) is 23.5 Å². The highest BCUT2D eigenvalue weighted by Gasteiger charge is 2.44. The molecule has 26 heavy (non-hydrogen) atoms. The van der Waals surface area contributed by atoms with Crippen LogP contribution in [0.2, 0.25) is 0 Å². The first-order chi connectivity index (χ1) is 12.5. The van der Waals surface area contributed by atoms with Crippen molar-refractivity contribution in [1.82, 2.24) is 10.3 Å². The highest BCUT2D eigenvalue weighted by Crippen LogP contribution is 2.38. The summed E-state index contributed by atoms with van der Waals surface area (Å²) in [6.07, 6.45) is 6.55. The third-order valence-electron chi connectivity index (χ3n) is 5.19. The summed E-state index contributed by atoms with van der Waals surface area (Å²) in [4.78, 5) is 15.9. The molecule has 2 heterocycles. The Labute approximate surface area is 156 Å². The Morgan fingerprint density at radius 3 is 2.85 bits per heavy atom. The van der Waals surface area contributed by atoms with Crippen LogP contribution in [-0.2, 0) is 9.53 Å². The fourth-order valence-electron chi connectivity index (χ4n) is 3.26. The second-order valence-corrected chi connectivity index (χ2v) is 7.29. The number of rotatable bonds is 10. The molecule has 1 aliphatic heterocycles. The van der Waals surface area contributed by atoms with Crippen LogP contribution in [0.15, 0.2) is 36.7 Å². The van der Waals surface area contributed by atoms with Gasteiger partial charge in [0.15, 0.2) is 0 Å². The molecule has 1 fully saturated rings. The van der Waals surface area contributed by atoms with Crippen LogP contribution in [0, 0.1) is 5.41 Å². The van der Waals surface area contributed by atoms with Gasteiger partial charge in [0.1, 0.15) is 0 Å². The Kier molecular flexibility index (Phi) is 7.60. The van der Waals surface area contributed by atoms with Gasteiger partial charge in [0.2, 0.25) is 5.91 Å². The molecule has 6 heteroatoms. The van der Waals surface area contributed by atoms with Gasteiger partial charge in [-0.15, -0.1) is 0 Å². The molecule has 1 aromatic rings. The zero-order valence-corrected chi connectivity index (χ0v) is 16.0. The maximum absolute atomic E-state index is 11.9. The van der Waals surface area contributed by atoms with Crippen LogP contribution in [0.4, 0.5) is 5.69 Å². The molecule has 4 N–H and O–H groups in total. The van der Waals surface area contributed by atoms with E-state index in [2.05, 4.69) is 36.0 Å². The molecule has 0 spiro atoms. The van der Waals surface area contributed by atoms with Gasteiger partial charge in [-0.2, -0.15) is 0 Å². The number of pyridine rings is 1. The van der Waals surface area contributed by atoms with Crippen LogP contribution in [0.3, 0.4) is 0 Å². The summed E-state index contributed by atoms with van der Waals surface area (Å²) < 4.78 is 5.88. The molecule has 1 aliphatic rings. The van der Waals surface area contributed by atoms with E-state index >= 15 is 0 Å². The van der Waals surface area contributed by atoms with Crippen LogP contribution >= 0.6 is 0 Å². The van der Waals surface area contributed by atoms with Crippen molar-refractivity contribution in [2.45, 2.75) is 51.7 Å². The second kappa shape index (κ2) is 9.69. The number of ether oxygens (including phenoxy) is 1. The quantitative estimate of drug-likeness (QED) is 0.441. The molecule has 1 amide bonds. The van der Waals surface area contributed by atoms with Gasteiger partial charge in [0, 0.05) is 49.0 Å². The molecule has 6 nitrogen and oxygen atoms in total. The zero-order valence-electron chi connectivity index (χ0n) is 16.0. The first-order valence-electron chi connectivity index (χ1n) is 9.41. The Hall–Kier alpha value is -1.92. The Balaban J connectivity index is 1.62. The van der Waals surface area contributed by atoms with E-state index in [4.69, 9.17) is 10.5 Å². The number of hydrogen-bond acceptors (Lipinski definition) is 5. The van der Waals surface area contributed by atoms with Crippen molar-refractivity contribution in [2.75, 3.05) is 25.0 Å². The van der Waals surface area contributed by atoms with Crippen molar-refractivity contribution >= 4 is 11.6 Å². The normalized spacial score (nSPS) is 25.0. The van der Waals surface area contributed by atoms with Crippen molar-refractivity contribution in [2.24, 2.45) is 11.1 Å². The van der Waals surface area contributed by atoms with Crippen LogP contribution in [0.1, 0.15) is 39.5 Å². The summed E-state index contributed by atoms with van der Waals surface area (Å²) in [6.45, 7) is 10.2. The van der Waals surface area contributed by atoms with E-state index in [1.165, 1.54) is 0 Å². The van der Waals surface area contributed by atoms with Crippen molar-refractivity contribution in [1.29, 1.82) is 0 Å². The lowest BCUT2D eigenvalue weighted by molar-refractivity contribution is -0.120. The average molecular weight is 361 g/mol. The first kappa shape index (κ1) is 20.4. The number of nitrogens with zero attached hydrogens (tertiary/aromatic N) is 1. The topological polar surface area (TPSA) is 89.3 Å². The largest absolute Gasteiger partial charge is 0.384 e. The van der Waals surface area contributed by atoms with Crippen molar-refractivity contribution in [3.8, 4) is 0 Å². The van der Waals surface area contributed by atoms with Crippen LogP contribution in [0.5, 0.6) is 0 Å². The number of hydrogen-bond donors (Lipinski definition) is 3. The monoisotopic (exact) mass is 360 g/mol. The minimum absolute atomic E-state index is 0.0322. The molecule has 0 radical (unpaired) electrons. The highest BCUT2D eigenvalue weighted by molar-refractivity contribution is 5.76. The van der Waals surface area contributed by atoms with Gasteiger partial charge < -0.3 is 21.1 Å². The molecule has 3 unspecified atom stereocenters. The number of anilines is 1. The number of carbonyl (C=O) groups excluding carboxylic acids is 1. The maximum Gasteiger partial charge on any atom is 0.221 e. The summed E-state index contributed by atoms with van der Waals surface area (Å²) in [7, 11) is 0. The molecule has 0 aromatic carbocycles. The smallest absolute Gasteiger partial charge is 0.221 e. The molecular weight excluding hydrogens is 328 g/mol. The van der Waals surface area contributed by atoms with Crippen molar-refractivity contribution < 1.29 is 9.53 Å². The second-order valence-electron chi connectivity index (χ2n) is 7.29. The molecule has 1 aromatic heterocycles. The van der Waals surface area contributed by atoms with Crippen LogP contribution < -0.4 is 16.4 Å². The predicted octanol–water partition coefficient (Wildman–Crippen LogP) is 2.48. The van der Waals surface area contributed by atoms with Crippen LogP contribution in [0.25, 0.3) is 0 Å². The first-order valence-corrected chi connectivity index (χ1v) is 9.41. The summed E-state index contributed by atoms with van der Waals surface area (Å²) in [5.41, 5.74) is 8.39. The molecular formula is C20H32N4O2. The van der Waals surface area contributed by atoms with E-state index in [0.29, 0.717) is 26.1 Å². The molecule has 0 bridgehead atoms. The summed E-state index contributed by atoms with van der Waals surface area (Å²) in [5.74, 6) is 0.0564. The average Bonchev–Trinajstić information content (AvgIpc) is 2.94. The molecule has 0 saturated carbocycles. The zero-order chi connectivity index (χ0) is 19.0. The van der Waals surface area contributed by atoms with Gasteiger partial charge in [-0.1, -0.05) is 20.4 Å². The van der Waals surface area contributed by atoms with Gasteiger partial charge in [-0.3, -0.25) is 9.78 Å². The van der Waals surface area contributed by atoms with Gasteiger partial charge >= 0.3 is 0 Å². The van der Waals surface area contributed by atoms with E-state index in [1.54, 1.807) is 12.4 Å². The number of nitrogens with two attached hydrogens (primary N) is 1. The van der Waals surface area contributed by atoms with E-state index in [9.17, 15) is 4.79 Å². The van der Waals surface area contributed by atoms with E-state index in [1.807, 2.05) is 12.1 Å². The summed E-state index contributed by atoms with van der Waals surface area (Å²) >= 11 is 0. The van der Waals surface area contributed by atoms with E-state index < -0.39 is 0 Å². The fraction of sp³-hybridized carbons (Fsp3) is 0.600. The predicted molar refractivity (Wildman–Crippen MR) is 105 cm³/mol. The van der Waals surface area contributed by atoms with Gasteiger partial charge in [-0.25, -0.2) is 0 Å². The molecule has 0 aliphatic carbocycles. The lowest BCUT2D eigenvalue weighted by Crippen LogP contribution is -2.43. The lowest BCUT2D eigenvalue weighted by Gasteiger charge is -2.29. The third kappa shape index (κ3) is 5.54. The maximum atomic E-state index is 11.9. The highest BCUT2D eigenvalue weighted by atomic mass is 16.5. The Morgan fingerprint density at radius 2 is 2.15 bits per heavy atom. The minimum Gasteiger partial charge on any atom is -0.384 e. The Bertz CT molecular complexity index is 593. The number of aromatic nitrogens is 1. The van der Waals surface area contributed by atoms with Crippen molar-refractivity contribution in [3.63, 3.8) is 0 Å². The molecule has 144 valence electrons. The lowest BCUT2D eigenvalue weighted by atomic mass is 9.78. The van der Waals surface area contributed by atoms with Gasteiger partial charge in [-0.05, 0) is 37.0 Å². The van der Waals surface area contributed by atoms with Crippen LogP contribution in [-0.4, -0.2) is 42.7 Å².